The van der Waals surface area contributed by atoms with Gasteiger partial charge in [-0.2, -0.15) is 0 Å². The largest absolute Gasteiger partial charge is 0.445 e. The Morgan fingerprint density at radius 3 is 2.64 bits per heavy atom. The standard InChI is InChI=1S/C16H25N3O3/c1-16(2,3)15-17-12-10-19(5-4-13(12)22-15)14(20)11-18-6-8-21-9-7-18/h4-11H2,1-3H3. The number of morpholine rings is 1. The molecule has 2 aliphatic heterocycles. The van der Waals surface area contributed by atoms with Crippen molar-refractivity contribution in [1.82, 2.24) is 14.8 Å². The first kappa shape index (κ1) is 15.5. The van der Waals surface area contributed by atoms with Gasteiger partial charge in [0.05, 0.1) is 26.3 Å². The van der Waals surface area contributed by atoms with Gasteiger partial charge in [0.2, 0.25) is 5.91 Å². The lowest BCUT2D eigenvalue weighted by atomic mass is 9.97. The van der Waals surface area contributed by atoms with E-state index in [4.69, 9.17) is 9.15 Å². The van der Waals surface area contributed by atoms with Crippen molar-refractivity contribution < 1.29 is 13.9 Å². The van der Waals surface area contributed by atoms with Crippen LogP contribution >= 0.6 is 0 Å². The van der Waals surface area contributed by atoms with Crippen LogP contribution in [0.15, 0.2) is 4.42 Å². The molecular formula is C16H25N3O3. The van der Waals surface area contributed by atoms with Crippen LogP contribution in [0.25, 0.3) is 0 Å². The molecule has 1 aromatic rings. The maximum absolute atomic E-state index is 12.5. The summed E-state index contributed by atoms with van der Waals surface area (Å²) in [5.74, 6) is 1.88. The lowest BCUT2D eigenvalue weighted by molar-refractivity contribution is -0.134. The third-order valence-corrected chi connectivity index (χ3v) is 4.18. The van der Waals surface area contributed by atoms with Gasteiger partial charge in [-0.15, -0.1) is 0 Å². The molecule has 0 atom stereocenters. The maximum Gasteiger partial charge on any atom is 0.237 e. The Bertz CT molecular complexity index is 541. The number of nitrogens with zero attached hydrogens (tertiary/aromatic N) is 3. The van der Waals surface area contributed by atoms with Crippen LogP contribution in [0.1, 0.15) is 38.1 Å². The molecule has 1 amide bonds. The number of carbonyl (C=O) groups is 1. The minimum atomic E-state index is -0.0972. The van der Waals surface area contributed by atoms with Crippen LogP contribution in [0.3, 0.4) is 0 Å². The van der Waals surface area contributed by atoms with Crippen LogP contribution in [-0.4, -0.2) is 60.1 Å². The fourth-order valence-electron chi connectivity index (χ4n) is 2.78. The number of carbonyl (C=O) groups excluding carboxylic acids is 1. The normalized spacial score (nSPS) is 20.0. The number of hydrogen-bond acceptors (Lipinski definition) is 5. The van der Waals surface area contributed by atoms with Crippen LogP contribution in [0.5, 0.6) is 0 Å². The number of ether oxygens (including phenoxy) is 1. The van der Waals surface area contributed by atoms with Gasteiger partial charge < -0.3 is 14.1 Å². The molecule has 0 spiro atoms. The Balaban J connectivity index is 1.63. The van der Waals surface area contributed by atoms with Crippen LogP contribution in [0.2, 0.25) is 0 Å². The molecule has 1 fully saturated rings. The van der Waals surface area contributed by atoms with Crippen molar-refractivity contribution in [2.24, 2.45) is 0 Å². The third kappa shape index (κ3) is 3.33. The fourth-order valence-corrected chi connectivity index (χ4v) is 2.78. The molecule has 0 aromatic carbocycles. The minimum absolute atomic E-state index is 0.0972. The predicted octanol–water partition coefficient (Wildman–Crippen LogP) is 1.19. The number of oxazole rings is 1. The SMILES string of the molecule is CC(C)(C)c1nc2c(o1)CCN(C(=O)CN1CCOCC1)C2. The molecule has 2 aliphatic rings. The Morgan fingerprint density at radius 2 is 1.95 bits per heavy atom. The van der Waals surface area contributed by atoms with E-state index in [0.717, 1.165) is 56.6 Å². The lowest BCUT2D eigenvalue weighted by Gasteiger charge is -2.30. The highest BCUT2D eigenvalue weighted by molar-refractivity contribution is 5.78. The van der Waals surface area contributed by atoms with Crippen molar-refractivity contribution in [2.45, 2.75) is 39.2 Å². The van der Waals surface area contributed by atoms with E-state index in [1.165, 1.54) is 0 Å². The highest BCUT2D eigenvalue weighted by Crippen LogP contribution is 2.27. The average molecular weight is 307 g/mol. The number of hydrogen-bond donors (Lipinski definition) is 0. The van der Waals surface area contributed by atoms with Gasteiger partial charge in [0.25, 0.3) is 0 Å². The smallest absolute Gasteiger partial charge is 0.237 e. The van der Waals surface area contributed by atoms with Gasteiger partial charge in [-0.3, -0.25) is 9.69 Å². The summed E-state index contributed by atoms with van der Waals surface area (Å²) in [5.41, 5.74) is 0.825. The summed E-state index contributed by atoms with van der Waals surface area (Å²) in [7, 11) is 0. The monoisotopic (exact) mass is 307 g/mol. The molecule has 0 unspecified atom stereocenters. The molecular weight excluding hydrogens is 282 g/mol. The molecule has 6 nitrogen and oxygen atoms in total. The third-order valence-electron chi connectivity index (χ3n) is 4.18. The Kier molecular flexibility index (Phi) is 4.23. The van der Waals surface area contributed by atoms with Gasteiger partial charge >= 0.3 is 0 Å². The lowest BCUT2D eigenvalue weighted by Crippen LogP contribution is -2.46. The molecule has 0 bridgehead atoms. The second kappa shape index (κ2) is 6.01. The van der Waals surface area contributed by atoms with E-state index in [-0.39, 0.29) is 11.3 Å². The number of fused-ring (bicyclic) bond motifs is 1. The fraction of sp³-hybridized carbons (Fsp3) is 0.750. The van der Waals surface area contributed by atoms with Crippen molar-refractivity contribution in [2.75, 3.05) is 39.4 Å². The molecule has 1 aromatic heterocycles. The summed E-state index contributed by atoms with van der Waals surface area (Å²) in [6.07, 6.45) is 0.757. The van der Waals surface area contributed by atoms with E-state index >= 15 is 0 Å². The van der Waals surface area contributed by atoms with Crippen LogP contribution in [0, 0.1) is 0 Å². The van der Waals surface area contributed by atoms with Gasteiger partial charge in [0.1, 0.15) is 11.5 Å². The first-order valence-corrected chi connectivity index (χ1v) is 8.00. The zero-order valence-electron chi connectivity index (χ0n) is 13.7. The molecule has 0 N–H and O–H groups in total. The van der Waals surface area contributed by atoms with Crippen molar-refractivity contribution >= 4 is 5.91 Å². The van der Waals surface area contributed by atoms with Gasteiger partial charge in [0.15, 0.2) is 5.89 Å². The zero-order valence-corrected chi connectivity index (χ0v) is 13.7. The average Bonchev–Trinajstić information content (AvgIpc) is 2.91. The van der Waals surface area contributed by atoms with Crippen molar-refractivity contribution in [3.05, 3.63) is 17.3 Å². The first-order valence-electron chi connectivity index (χ1n) is 8.00. The van der Waals surface area contributed by atoms with E-state index in [1.807, 2.05) is 4.90 Å². The Labute approximate surface area is 131 Å². The van der Waals surface area contributed by atoms with Crippen LogP contribution < -0.4 is 0 Å². The molecule has 3 rings (SSSR count). The topological polar surface area (TPSA) is 58.8 Å². The van der Waals surface area contributed by atoms with Crippen LogP contribution in [0.4, 0.5) is 0 Å². The Morgan fingerprint density at radius 1 is 1.23 bits per heavy atom. The van der Waals surface area contributed by atoms with Gasteiger partial charge in [-0.05, 0) is 0 Å². The number of amides is 1. The summed E-state index contributed by atoms with van der Waals surface area (Å²) in [5, 5.41) is 0. The Hall–Kier alpha value is -1.40. The van der Waals surface area contributed by atoms with E-state index in [1.54, 1.807) is 0 Å². The molecule has 0 aliphatic carbocycles. The summed E-state index contributed by atoms with van der Waals surface area (Å²) >= 11 is 0. The van der Waals surface area contributed by atoms with Gasteiger partial charge in [-0.1, -0.05) is 20.8 Å². The van der Waals surface area contributed by atoms with Crippen LogP contribution in [-0.2, 0) is 27.9 Å². The van der Waals surface area contributed by atoms with E-state index < -0.39 is 0 Å². The molecule has 122 valence electrons. The predicted molar refractivity (Wildman–Crippen MR) is 81.6 cm³/mol. The second-order valence-corrected chi connectivity index (χ2v) is 7.09. The summed E-state index contributed by atoms with van der Waals surface area (Å²) in [6.45, 7) is 11.1. The highest BCUT2D eigenvalue weighted by Gasteiger charge is 2.29. The zero-order chi connectivity index (χ0) is 15.7. The number of rotatable bonds is 2. The van der Waals surface area contributed by atoms with Crippen molar-refractivity contribution in [3.63, 3.8) is 0 Å². The van der Waals surface area contributed by atoms with Gasteiger partial charge in [-0.25, -0.2) is 4.98 Å². The quantitative estimate of drug-likeness (QED) is 0.821. The van der Waals surface area contributed by atoms with E-state index in [9.17, 15) is 4.79 Å². The summed E-state index contributed by atoms with van der Waals surface area (Å²) in [4.78, 5) is 21.1. The van der Waals surface area contributed by atoms with Gasteiger partial charge in [0, 0.05) is 31.5 Å². The molecule has 1 saturated heterocycles. The number of aromatic nitrogens is 1. The molecule has 3 heterocycles. The molecule has 0 radical (unpaired) electrons. The highest BCUT2D eigenvalue weighted by atomic mass is 16.5. The minimum Gasteiger partial charge on any atom is -0.445 e. The molecule has 22 heavy (non-hydrogen) atoms. The van der Waals surface area contributed by atoms with E-state index in [2.05, 4.69) is 30.7 Å². The first-order chi connectivity index (χ1) is 10.4. The second-order valence-electron chi connectivity index (χ2n) is 7.09. The summed E-state index contributed by atoms with van der Waals surface area (Å²) in [6, 6.07) is 0. The van der Waals surface area contributed by atoms with E-state index in [0.29, 0.717) is 13.1 Å². The molecule has 0 saturated carbocycles. The maximum atomic E-state index is 12.5. The molecule has 6 heteroatoms. The summed E-state index contributed by atoms with van der Waals surface area (Å²) < 4.78 is 11.2. The van der Waals surface area contributed by atoms with Crippen molar-refractivity contribution in [1.29, 1.82) is 0 Å². The van der Waals surface area contributed by atoms with Crippen molar-refractivity contribution in [3.8, 4) is 0 Å².